The van der Waals surface area contributed by atoms with Crippen LogP contribution in [-0.4, -0.2) is 141 Å². The van der Waals surface area contributed by atoms with E-state index in [9.17, 15) is 102 Å². The van der Waals surface area contributed by atoms with Gasteiger partial charge >= 0.3 is 42.2 Å². The van der Waals surface area contributed by atoms with Gasteiger partial charge in [-0.05, 0) is 64.9 Å². The molecule has 0 bridgehead atoms. The summed E-state index contributed by atoms with van der Waals surface area (Å²) in [6.45, 7) is 0.625. The zero-order chi connectivity index (χ0) is 57.9. The standard InChI is InChI=1S/C20H28N2O4.C10H15F3O4.C4H4F7N.C3H7NO4S2.C3H6NO4S2/c23-20(26-15-16-9-7-8-14-19(16)22(24)25)21(17-10-3-1-4-11-17)18-12-5-2-6-13-18;1-4-9(2,3)8(15)16-5-7(14)17-6-10(11,12)13;5-2(6,1-12)3(7,8)4(9,10)11;2*5-9(6)2-1-3-10(7,8)4-9/h7-9,14,17-18H,1-6,10-13,15H2;4-6H2,1-3H3;1,12H2;4H,1-3H2;1-3H2/q;;;;-1/p+1. The molecule has 1 aromatic carbocycles. The molecule has 0 radical (unpaired) electrons. The molecule has 35 heteroatoms. The Kier molecular flexibility index (Phi) is 26.6. The Balaban J connectivity index is 0.000000499. The zero-order valence-electron chi connectivity index (χ0n) is 40.8. The molecule has 436 valence electrons. The summed E-state index contributed by atoms with van der Waals surface area (Å²) in [5.41, 5.74) is 1.98. The Labute approximate surface area is 427 Å². The molecule has 2 saturated heterocycles. The molecule has 2 saturated carbocycles. The highest BCUT2D eigenvalue weighted by molar-refractivity contribution is 8.12. The number of rotatable bonds is 12. The van der Waals surface area contributed by atoms with Crippen LogP contribution in [0.15, 0.2) is 24.3 Å². The minimum atomic E-state index is -6.24. The molecule has 2 aliphatic carbocycles. The predicted molar refractivity (Wildman–Crippen MR) is 245 cm³/mol. The molecule has 4 N–H and O–H groups in total. The molecule has 0 unspecified atom stereocenters. The van der Waals surface area contributed by atoms with Gasteiger partial charge in [0.15, 0.2) is 13.2 Å². The lowest BCUT2D eigenvalue weighted by Crippen LogP contribution is -2.67. The number of benzene rings is 1. The molecule has 1 amide bonds. The maximum Gasteiger partial charge on any atom is 0.460 e. The lowest BCUT2D eigenvalue weighted by atomic mass is 9.89. The van der Waals surface area contributed by atoms with Crippen LogP contribution in [0.3, 0.4) is 0 Å². The first-order valence-corrected chi connectivity index (χ1v) is 29.3. The van der Waals surface area contributed by atoms with E-state index in [1.807, 2.05) is 4.90 Å². The number of nitrogens with zero attached hydrogens (tertiary/aromatic N) is 3. The molecule has 0 atom stereocenters. The normalized spacial score (nSPS) is 19.7. The highest BCUT2D eigenvalue weighted by Crippen LogP contribution is 2.45. The van der Waals surface area contributed by atoms with E-state index in [0.717, 1.165) is 51.4 Å². The second-order valence-corrected chi connectivity index (χ2v) is 25.3. The van der Waals surface area contributed by atoms with Crippen LogP contribution in [0, 0.1) is 15.5 Å². The summed E-state index contributed by atoms with van der Waals surface area (Å²) in [7, 11) is -14.4. The number of quaternary nitrogens is 1. The molecule has 0 spiro atoms. The van der Waals surface area contributed by atoms with Gasteiger partial charge in [0.2, 0.25) is 20.0 Å². The smallest absolute Gasteiger partial charge is 0.454 e. The van der Waals surface area contributed by atoms with Crippen molar-refractivity contribution in [3.63, 3.8) is 0 Å². The topological polar surface area (TPSA) is 316 Å². The summed E-state index contributed by atoms with van der Waals surface area (Å²) in [5.74, 6) is -13.5. The number of nitro benzene ring substituents is 1. The van der Waals surface area contributed by atoms with Crippen LogP contribution in [0.5, 0.6) is 0 Å². The van der Waals surface area contributed by atoms with Crippen molar-refractivity contribution < 1.29 is 117 Å². The van der Waals surface area contributed by atoms with Gasteiger partial charge in [0.05, 0.1) is 47.5 Å². The summed E-state index contributed by atoms with van der Waals surface area (Å²) < 4.78 is 219. The lowest BCUT2D eigenvalue weighted by molar-refractivity contribution is -0.452. The third-order valence-electron chi connectivity index (χ3n) is 11.1. The van der Waals surface area contributed by atoms with Crippen LogP contribution >= 0.6 is 0 Å². The number of ether oxygens (including phenoxy) is 3. The minimum Gasteiger partial charge on any atom is -0.454 e. The SMILES string of the molecule is CCC(C)(C)C(=O)OCC(=O)OCC(F)(F)F.O=C(OCc1ccccc1[N+](=O)[O-])N(C1CCCCC1)C1CCCCC1.O=S1(=O)CCCS(=O)(=O)N1.O=S1(=O)CCCS(=O)(=O)[N-]1.[NH3+]CC(F)(F)C(F)(F)C(F)(F)F. The average molecular weight is 1190 g/mol. The van der Waals surface area contributed by atoms with Crippen molar-refractivity contribution in [1.29, 1.82) is 0 Å². The molecule has 21 nitrogen and oxygen atoms in total. The number of esters is 2. The van der Waals surface area contributed by atoms with Gasteiger partial charge in [0.25, 0.3) is 5.69 Å². The summed E-state index contributed by atoms with van der Waals surface area (Å²) in [6, 6.07) is 6.96. The van der Waals surface area contributed by atoms with Crippen molar-refractivity contribution in [2.24, 2.45) is 5.41 Å². The van der Waals surface area contributed by atoms with E-state index in [1.165, 1.54) is 18.9 Å². The number of carbonyl (C=O) groups excluding carboxylic acids is 3. The first-order valence-electron chi connectivity index (χ1n) is 22.8. The third kappa shape index (κ3) is 25.2. The van der Waals surface area contributed by atoms with Gasteiger partial charge in [-0.3, -0.25) is 14.9 Å². The van der Waals surface area contributed by atoms with Crippen molar-refractivity contribution in [1.82, 2.24) is 9.03 Å². The summed E-state index contributed by atoms with van der Waals surface area (Å²) >= 11 is 0. The van der Waals surface area contributed by atoms with E-state index in [0.29, 0.717) is 12.0 Å². The number of nitro groups is 1. The predicted octanol–water partition coefficient (Wildman–Crippen LogP) is 6.39. The Morgan fingerprint density at radius 3 is 1.52 bits per heavy atom. The van der Waals surface area contributed by atoms with E-state index in [-0.39, 0.29) is 66.3 Å². The highest BCUT2D eigenvalue weighted by atomic mass is 32.3. The Bertz CT molecular complexity index is 2340. The number of nitrogens with one attached hydrogen (secondary N) is 1. The first-order chi connectivity index (χ1) is 34.1. The second kappa shape index (κ2) is 29.0. The fourth-order valence-corrected chi connectivity index (χ4v) is 13.4. The monoisotopic (exact) mass is 1190 g/mol. The van der Waals surface area contributed by atoms with Crippen molar-refractivity contribution in [3.05, 3.63) is 44.1 Å². The van der Waals surface area contributed by atoms with Gasteiger partial charge in [0.1, 0.15) is 13.2 Å². The summed E-state index contributed by atoms with van der Waals surface area (Å²) in [4.78, 5) is 47.8. The van der Waals surface area contributed by atoms with Crippen LogP contribution < -0.4 is 9.86 Å². The molecular weight excluding hydrogens is 1120 g/mol. The number of hydrogen-bond acceptors (Lipinski definition) is 16. The van der Waals surface area contributed by atoms with E-state index < -0.39 is 106 Å². The van der Waals surface area contributed by atoms with Crippen molar-refractivity contribution in [2.75, 3.05) is 42.8 Å². The molecule has 75 heavy (non-hydrogen) atoms. The van der Waals surface area contributed by atoms with Crippen LogP contribution in [0.25, 0.3) is 4.13 Å². The molecule has 0 aromatic heterocycles. The van der Waals surface area contributed by atoms with Gasteiger partial charge in [0, 0.05) is 29.7 Å². The summed E-state index contributed by atoms with van der Waals surface area (Å²) in [5, 5.41) is 11.1. The number of sulfonamides is 4. The molecule has 5 rings (SSSR count). The average Bonchev–Trinajstić information content (AvgIpc) is 3.29. The van der Waals surface area contributed by atoms with E-state index in [2.05, 4.69) is 19.3 Å². The van der Waals surface area contributed by atoms with E-state index in [4.69, 9.17) is 4.74 Å². The number of para-hydroxylation sites is 1. The summed E-state index contributed by atoms with van der Waals surface area (Å²) in [6.07, 6.45) is 0.976. The number of halogens is 10. The fraction of sp³-hybridized carbons (Fsp3) is 0.775. The lowest BCUT2D eigenvalue weighted by Gasteiger charge is -2.40. The van der Waals surface area contributed by atoms with E-state index >= 15 is 0 Å². The van der Waals surface area contributed by atoms with Crippen molar-refractivity contribution in [3.8, 4) is 0 Å². The van der Waals surface area contributed by atoms with Crippen LogP contribution in [0.1, 0.15) is 110 Å². The van der Waals surface area contributed by atoms with Crippen molar-refractivity contribution in [2.45, 2.75) is 147 Å². The molecule has 4 aliphatic rings. The van der Waals surface area contributed by atoms with Gasteiger partial charge < -0.3 is 29.0 Å². The van der Waals surface area contributed by atoms with Gasteiger partial charge in [-0.25, -0.2) is 43.3 Å². The molecule has 4 fully saturated rings. The fourth-order valence-electron chi connectivity index (χ4n) is 6.76. The largest absolute Gasteiger partial charge is 0.460 e. The molecule has 1 aromatic rings. The number of amides is 1. The second-order valence-electron chi connectivity index (χ2n) is 17.6. The number of hydrogen-bond donors (Lipinski definition) is 2. The number of alkyl halides is 10. The van der Waals surface area contributed by atoms with Crippen molar-refractivity contribution >= 4 is 63.8 Å². The van der Waals surface area contributed by atoms with Crippen LogP contribution in [0.2, 0.25) is 0 Å². The van der Waals surface area contributed by atoms with Crippen LogP contribution in [0.4, 0.5) is 54.4 Å². The Morgan fingerprint density at radius 2 is 1.17 bits per heavy atom. The first kappa shape index (κ1) is 68.8. The molecule has 2 heterocycles. The van der Waals surface area contributed by atoms with E-state index in [1.54, 1.807) is 43.1 Å². The molecule has 2 aliphatic heterocycles. The zero-order valence-corrected chi connectivity index (χ0v) is 44.1. The van der Waals surface area contributed by atoms with Gasteiger partial charge in [-0.1, -0.05) is 57.6 Å². The van der Waals surface area contributed by atoms with Crippen LogP contribution in [-0.2, 0) is 70.5 Å². The molecular formula is C40H61F10N5O16S4. The maximum atomic E-state index is 12.9. The highest BCUT2D eigenvalue weighted by Gasteiger charge is 2.73. The Hall–Kier alpha value is -4.19. The number of carbonyl (C=O) groups is 3. The van der Waals surface area contributed by atoms with Gasteiger partial charge in [-0.2, -0.15) is 43.9 Å². The third-order valence-corrected chi connectivity index (χ3v) is 18.2. The Morgan fingerprint density at radius 1 is 0.720 bits per heavy atom. The van der Waals surface area contributed by atoms with Gasteiger partial charge in [-0.15, -0.1) is 4.13 Å². The quantitative estimate of drug-likeness (QED) is 0.0752. The maximum absolute atomic E-state index is 12.9. The minimum absolute atomic E-state index is 0.00202.